The lowest BCUT2D eigenvalue weighted by Crippen LogP contribution is -2.28. The molecule has 0 N–H and O–H groups in total. The van der Waals surface area contributed by atoms with Crippen LogP contribution in [0.3, 0.4) is 0 Å². The van der Waals surface area contributed by atoms with E-state index in [1.54, 1.807) is 6.92 Å². The highest BCUT2D eigenvalue weighted by Gasteiger charge is 2.23. The molecule has 96 valence electrons. The van der Waals surface area contributed by atoms with Crippen molar-refractivity contribution < 1.29 is 19.2 Å². The van der Waals surface area contributed by atoms with E-state index in [1.165, 1.54) is 0 Å². The van der Waals surface area contributed by atoms with Crippen LogP contribution in [-0.4, -0.2) is 36.1 Å². The molecule has 0 spiro atoms. The number of halogens is 1. The van der Waals surface area contributed by atoms with Gasteiger partial charge in [-0.2, -0.15) is 0 Å². The van der Waals surface area contributed by atoms with Gasteiger partial charge in [-0.05, 0) is 32.6 Å². The summed E-state index contributed by atoms with van der Waals surface area (Å²) in [6.45, 7) is 1.83. The molecule has 1 aliphatic rings. The van der Waals surface area contributed by atoms with Crippen LogP contribution in [0.4, 0.5) is 0 Å². The molecule has 17 heavy (non-hydrogen) atoms. The maximum atomic E-state index is 11.4. The average Bonchev–Trinajstić information content (AvgIpc) is 2.82. The Morgan fingerprint density at radius 1 is 1.35 bits per heavy atom. The Kier molecular flexibility index (Phi) is 5.97. The second-order valence-electron chi connectivity index (χ2n) is 3.73. The van der Waals surface area contributed by atoms with Crippen LogP contribution in [-0.2, 0) is 19.2 Å². The molecule has 0 unspecified atom stereocenters. The number of hydrogen-bond donors (Lipinski definition) is 0. The zero-order valence-electron chi connectivity index (χ0n) is 9.78. The zero-order chi connectivity index (χ0) is 12.7. The van der Waals surface area contributed by atoms with E-state index in [9.17, 15) is 9.59 Å². The van der Waals surface area contributed by atoms with Crippen molar-refractivity contribution in [3.05, 3.63) is 0 Å². The van der Waals surface area contributed by atoms with Crippen LogP contribution in [0.2, 0.25) is 0 Å². The first-order valence-electron chi connectivity index (χ1n) is 5.69. The minimum Gasteiger partial charge on any atom is -0.461 e. The molecule has 0 radical (unpaired) electrons. The summed E-state index contributed by atoms with van der Waals surface area (Å²) in [5.41, 5.74) is -0.353. The summed E-state index contributed by atoms with van der Waals surface area (Å²) < 4.78 is 4.71. The van der Waals surface area contributed by atoms with Crippen LogP contribution in [0, 0.1) is 0 Å². The van der Waals surface area contributed by atoms with Crippen LogP contribution in [0.1, 0.15) is 32.6 Å². The summed E-state index contributed by atoms with van der Waals surface area (Å²) in [4.78, 5) is 28.0. The Bertz CT molecular complexity index is 311. The maximum Gasteiger partial charge on any atom is 0.364 e. The first kappa shape index (κ1) is 14.0. The van der Waals surface area contributed by atoms with Gasteiger partial charge in [0.2, 0.25) is 11.5 Å². The smallest absolute Gasteiger partial charge is 0.364 e. The molecule has 1 aliphatic carbocycles. The summed E-state index contributed by atoms with van der Waals surface area (Å²) in [6, 6.07) is 0. The third-order valence-corrected chi connectivity index (χ3v) is 2.69. The standard InChI is InChI=1S/C11H16ClNO4/c1-2-16-11(15)10(9(14)7-12)13-17-8-5-3-4-6-8/h8H,2-7H2,1H3/b13-10+. The van der Waals surface area contributed by atoms with Crippen molar-refractivity contribution in [1.29, 1.82) is 0 Å². The Balaban J connectivity index is 2.63. The van der Waals surface area contributed by atoms with E-state index < -0.39 is 11.8 Å². The summed E-state index contributed by atoms with van der Waals surface area (Å²) in [6.07, 6.45) is 3.95. The summed E-state index contributed by atoms with van der Waals surface area (Å²) in [7, 11) is 0. The van der Waals surface area contributed by atoms with Crippen molar-refractivity contribution in [3.8, 4) is 0 Å². The van der Waals surface area contributed by atoms with E-state index in [0.29, 0.717) is 0 Å². The monoisotopic (exact) mass is 261 g/mol. The molecule has 1 rings (SSSR count). The molecule has 0 heterocycles. The van der Waals surface area contributed by atoms with E-state index in [4.69, 9.17) is 21.2 Å². The highest BCUT2D eigenvalue weighted by molar-refractivity contribution is 6.67. The van der Waals surface area contributed by atoms with Crippen LogP contribution >= 0.6 is 11.6 Å². The van der Waals surface area contributed by atoms with Gasteiger partial charge in [0.05, 0.1) is 12.5 Å². The molecule has 5 nitrogen and oxygen atoms in total. The first-order valence-corrected chi connectivity index (χ1v) is 6.22. The van der Waals surface area contributed by atoms with Gasteiger partial charge in [-0.3, -0.25) is 4.79 Å². The minimum absolute atomic E-state index is 0.0115. The van der Waals surface area contributed by atoms with Crippen molar-refractivity contribution in [2.24, 2.45) is 5.16 Å². The average molecular weight is 262 g/mol. The minimum atomic E-state index is -0.781. The number of carbonyl (C=O) groups excluding carboxylic acids is 2. The number of Topliss-reactive ketones (excluding diaryl/α,β-unsaturated/α-hetero) is 1. The summed E-state index contributed by atoms with van der Waals surface area (Å²) in [5.74, 6) is -1.68. The van der Waals surface area contributed by atoms with E-state index in [0.717, 1.165) is 25.7 Å². The van der Waals surface area contributed by atoms with Crippen molar-refractivity contribution in [2.75, 3.05) is 12.5 Å². The molecule has 0 bridgehead atoms. The Labute approximate surface area is 105 Å². The summed E-state index contributed by atoms with van der Waals surface area (Å²) >= 11 is 5.39. The number of ketones is 1. The van der Waals surface area contributed by atoms with Crippen molar-refractivity contribution in [1.82, 2.24) is 0 Å². The topological polar surface area (TPSA) is 65.0 Å². The van der Waals surface area contributed by atoms with Crippen LogP contribution < -0.4 is 0 Å². The molecule has 0 amide bonds. The van der Waals surface area contributed by atoms with Crippen molar-refractivity contribution in [3.63, 3.8) is 0 Å². The lowest BCUT2D eigenvalue weighted by Gasteiger charge is -2.08. The lowest BCUT2D eigenvalue weighted by atomic mass is 10.3. The molecule has 0 saturated heterocycles. The number of hydrogen-bond acceptors (Lipinski definition) is 5. The fourth-order valence-electron chi connectivity index (χ4n) is 1.59. The van der Waals surface area contributed by atoms with Crippen LogP contribution in [0.5, 0.6) is 0 Å². The van der Waals surface area contributed by atoms with E-state index in [2.05, 4.69) is 5.16 Å². The quantitative estimate of drug-likeness (QED) is 0.240. The fourth-order valence-corrected chi connectivity index (χ4v) is 1.71. The Morgan fingerprint density at radius 3 is 2.53 bits per heavy atom. The second-order valence-corrected chi connectivity index (χ2v) is 4.00. The van der Waals surface area contributed by atoms with Gasteiger partial charge in [-0.25, -0.2) is 4.79 Å². The normalized spacial score (nSPS) is 16.9. The molecule has 0 aromatic rings. The van der Waals surface area contributed by atoms with Gasteiger partial charge < -0.3 is 9.57 Å². The highest BCUT2D eigenvalue weighted by atomic mass is 35.5. The number of esters is 1. The number of rotatable bonds is 6. The van der Waals surface area contributed by atoms with Gasteiger partial charge in [0.25, 0.3) is 0 Å². The Hall–Kier alpha value is -1.10. The molecular weight excluding hydrogens is 246 g/mol. The molecule has 0 aromatic heterocycles. The zero-order valence-corrected chi connectivity index (χ0v) is 10.5. The molecule has 0 aliphatic heterocycles. The molecule has 1 saturated carbocycles. The third-order valence-electron chi connectivity index (χ3n) is 2.45. The molecule has 0 aromatic carbocycles. The van der Waals surface area contributed by atoms with Gasteiger partial charge in [-0.1, -0.05) is 5.16 Å². The number of carbonyl (C=O) groups is 2. The summed E-state index contributed by atoms with van der Waals surface area (Å²) in [5, 5.41) is 3.60. The third kappa shape index (κ3) is 4.34. The van der Waals surface area contributed by atoms with E-state index in [-0.39, 0.29) is 24.3 Å². The highest BCUT2D eigenvalue weighted by Crippen LogP contribution is 2.21. The van der Waals surface area contributed by atoms with Gasteiger partial charge in [0.1, 0.15) is 6.10 Å². The largest absolute Gasteiger partial charge is 0.461 e. The lowest BCUT2D eigenvalue weighted by molar-refractivity contribution is -0.136. The van der Waals surface area contributed by atoms with Gasteiger partial charge >= 0.3 is 5.97 Å². The van der Waals surface area contributed by atoms with Gasteiger partial charge in [-0.15, -0.1) is 11.6 Å². The molecule has 6 heteroatoms. The second kappa shape index (κ2) is 7.27. The van der Waals surface area contributed by atoms with Crippen LogP contribution in [0.25, 0.3) is 0 Å². The molecule has 0 atom stereocenters. The van der Waals surface area contributed by atoms with Gasteiger partial charge in [0.15, 0.2) is 0 Å². The first-order chi connectivity index (χ1) is 8.19. The predicted molar refractivity (Wildman–Crippen MR) is 63.1 cm³/mol. The maximum absolute atomic E-state index is 11.4. The number of ether oxygens (including phenoxy) is 1. The number of alkyl halides is 1. The molecule has 1 fully saturated rings. The Morgan fingerprint density at radius 2 is 2.00 bits per heavy atom. The van der Waals surface area contributed by atoms with Crippen LogP contribution in [0.15, 0.2) is 5.16 Å². The molecular formula is C11H16ClNO4. The predicted octanol–water partition coefficient (Wildman–Crippen LogP) is 1.67. The van der Waals surface area contributed by atoms with E-state index in [1.807, 2.05) is 0 Å². The SMILES string of the molecule is CCOC(=O)/C(=N/OC1CCCC1)C(=O)CCl. The van der Waals surface area contributed by atoms with Crippen molar-refractivity contribution in [2.45, 2.75) is 38.7 Å². The van der Waals surface area contributed by atoms with Gasteiger partial charge in [0, 0.05) is 0 Å². The fraction of sp³-hybridized carbons (Fsp3) is 0.727. The number of oxime groups is 1. The van der Waals surface area contributed by atoms with Crippen molar-refractivity contribution >= 4 is 29.1 Å². The number of nitrogens with zero attached hydrogens (tertiary/aromatic N) is 1. The van der Waals surface area contributed by atoms with E-state index >= 15 is 0 Å².